The Labute approximate surface area is 142 Å². The minimum atomic E-state index is -0.341. The first-order valence-electron chi connectivity index (χ1n) is 7.96. The third-order valence-corrected chi connectivity index (χ3v) is 4.27. The zero-order chi connectivity index (χ0) is 17.4. The predicted molar refractivity (Wildman–Crippen MR) is 92.8 cm³/mol. The molecule has 6 nitrogen and oxygen atoms in total. The maximum absolute atomic E-state index is 13.8. The second kappa shape index (κ2) is 6.01. The molecule has 2 heterocycles. The fourth-order valence-electron chi connectivity index (χ4n) is 2.96. The van der Waals surface area contributed by atoms with Crippen molar-refractivity contribution in [3.8, 4) is 0 Å². The van der Waals surface area contributed by atoms with Crippen LogP contribution in [0.4, 0.5) is 4.39 Å². The van der Waals surface area contributed by atoms with Gasteiger partial charge in [0.15, 0.2) is 11.5 Å². The fraction of sp³-hybridized carbons (Fsp3) is 0.167. The second-order valence-electron chi connectivity index (χ2n) is 5.82. The number of imidazole rings is 1. The van der Waals surface area contributed by atoms with Gasteiger partial charge in [-0.1, -0.05) is 24.3 Å². The van der Waals surface area contributed by atoms with E-state index in [1.807, 2.05) is 41.9 Å². The quantitative estimate of drug-likeness (QED) is 0.601. The van der Waals surface area contributed by atoms with Crippen LogP contribution < -0.4 is 5.32 Å². The van der Waals surface area contributed by atoms with E-state index in [9.17, 15) is 9.18 Å². The van der Waals surface area contributed by atoms with Crippen LogP contribution in [-0.2, 0) is 13.5 Å². The Morgan fingerprint density at radius 3 is 2.92 bits per heavy atom. The first-order chi connectivity index (χ1) is 12.1. The number of fused-ring (bicyclic) bond motifs is 2. The summed E-state index contributed by atoms with van der Waals surface area (Å²) in [5.41, 5.74) is 2.27. The number of hydrogen-bond donors (Lipinski definition) is 2. The van der Waals surface area contributed by atoms with Crippen molar-refractivity contribution in [1.82, 2.24) is 25.1 Å². The predicted octanol–water partition coefficient (Wildman–Crippen LogP) is 2.56. The van der Waals surface area contributed by atoms with Crippen LogP contribution in [0.3, 0.4) is 0 Å². The Morgan fingerprint density at radius 1 is 1.24 bits per heavy atom. The smallest absolute Gasteiger partial charge is 0.272 e. The van der Waals surface area contributed by atoms with Crippen molar-refractivity contribution in [3.05, 3.63) is 59.8 Å². The van der Waals surface area contributed by atoms with Gasteiger partial charge < -0.3 is 9.88 Å². The highest BCUT2D eigenvalue weighted by Gasteiger charge is 2.14. The highest BCUT2D eigenvalue weighted by Crippen LogP contribution is 2.18. The maximum Gasteiger partial charge on any atom is 0.272 e. The Balaban J connectivity index is 1.48. The van der Waals surface area contributed by atoms with Crippen molar-refractivity contribution in [2.75, 3.05) is 6.54 Å². The van der Waals surface area contributed by atoms with Gasteiger partial charge in [0.2, 0.25) is 0 Å². The van der Waals surface area contributed by atoms with E-state index in [1.165, 1.54) is 6.07 Å². The zero-order valence-corrected chi connectivity index (χ0v) is 13.6. The number of benzene rings is 2. The molecule has 0 radical (unpaired) electrons. The number of carbonyl (C=O) groups is 1. The fourth-order valence-corrected chi connectivity index (χ4v) is 2.96. The molecule has 25 heavy (non-hydrogen) atoms. The van der Waals surface area contributed by atoms with Crippen molar-refractivity contribution in [2.45, 2.75) is 6.42 Å². The van der Waals surface area contributed by atoms with Gasteiger partial charge in [0.25, 0.3) is 5.91 Å². The van der Waals surface area contributed by atoms with Crippen LogP contribution in [0.25, 0.3) is 21.9 Å². The number of nitrogens with one attached hydrogen (secondary N) is 2. The van der Waals surface area contributed by atoms with E-state index in [1.54, 1.807) is 6.07 Å². The molecule has 2 aromatic heterocycles. The van der Waals surface area contributed by atoms with Crippen LogP contribution in [0.5, 0.6) is 0 Å². The Kier molecular flexibility index (Phi) is 3.68. The molecule has 0 bridgehead atoms. The largest absolute Gasteiger partial charge is 0.350 e. The number of carbonyl (C=O) groups excluding carboxylic acids is 1. The monoisotopic (exact) mass is 337 g/mol. The van der Waals surface area contributed by atoms with Gasteiger partial charge >= 0.3 is 0 Å². The van der Waals surface area contributed by atoms with Crippen molar-refractivity contribution in [1.29, 1.82) is 0 Å². The summed E-state index contributed by atoms with van der Waals surface area (Å²) in [6, 6.07) is 12.3. The normalized spacial score (nSPS) is 11.3. The Bertz CT molecular complexity index is 1080. The molecular weight excluding hydrogens is 321 g/mol. The van der Waals surface area contributed by atoms with Crippen molar-refractivity contribution < 1.29 is 9.18 Å². The number of hydrogen-bond acceptors (Lipinski definition) is 3. The molecule has 2 aromatic carbocycles. The van der Waals surface area contributed by atoms with E-state index in [0.29, 0.717) is 30.0 Å². The molecule has 2 N–H and O–H groups in total. The van der Waals surface area contributed by atoms with E-state index in [-0.39, 0.29) is 11.7 Å². The molecular formula is C18H16FN5O. The molecule has 0 unspecified atom stereocenters. The average molecular weight is 337 g/mol. The summed E-state index contributed by atoms with van der Waals surface area (Å²) in [7, 11) is 1.84. The highest BCUT2D eigenvalue weighted by atomic mass is 19.1. The molecule has 0 aliphatic rings. The van der Waals surface area contributed by atoms with Gasteiger partial charge in [0, 0.05) is 25.4 Å². The molecule has 0 saturated heterocycles. The third-order valence-electron chi connectivity index (χ3n) is 4.27. The lowest BCUT2D eigenvalue weighted by atomic mass is 10.2. The summed E-state index contributed by atoms with van der Waals surface area (Å²) in [5.74, 6) is 0.126. The third kappa shape index (κ3) is 2.63. The topological polar surface area (TPSA) is 75.6 Å². The molecule has 0 fully saturated rings. The number of para-hydroxylation sites is 2. The second-order valence-corrected chi connectivity index (χ2v) is 5.82. The number of H-pyrrole nitrogens is 1. The summed E-state index contributed by atoms with van der Waals surface area (Å²) in [6.07, 6.45) is 0.499. The van der Waals surface area contributed by atoms with Gasteiger partial charge in [-0.2, -0.15) is 5.10 Å². The molecule has 0 atom stereocenters. The summed E-state index contributed by atoms with van der Waals surface area (Å²) < 4.78 is 15.6. The first kappa shape index (κ1) is 15.3. The molecule has 1 amide bonds. The van der Waals surface area contributed by atoms with Crippen molar-refractivity contribution in [2.24, 2.45) is 7.05 Å². The number of nitrogens with zero attached hydrogens (tertiary/aromatic N) is 3. The molecule has 7 heteroatoms. The molecule has 0 aliphatic carbocycles. The van der Waals surface area contributed by atoms with Crippen LogP contribution in [-0.4, -0.2) is 32.2 Å². The summed E-state index contributed by atoms with van der Waals surface area (Å²) in [4.78, 5) is 16.7. The SMILES string of the molecule is Cn1c(CCNC(=O)c2n[nH]c3ccccc23)nc2c(F)cccc21. The molecule has 0 spiro atoms. The van der Waals surface area contributed by atoms with E-state index in [0.717, 1.165) is 16.4 Å². The molecule has 126 valence electrons. The van der Waals surface area contributed by atoms with E-state index in [4.69, 9.17) is 0 Å². The number of aryl methyl sites for hydroxylation is 1. The van der Waals surface area contributed by atoms with Crippen molar-refractivity contribution >= 4 is 27.8 Å². The van der Waals surface area contributed by atoms with Crippen LogP contribution >= 0.6 is 0 Å². The standard InChI is InChI=1S/C18H16FN5O/c1-24-14-8-4-6-12(19)17(14)21-15(24)9-10-20-18(25)16-11-5-2-3-7-13(11)22-23-16/h2-8H,9-10H2,1H3,(H,20,25)(H,22,23). The first-order valence-corrected chi connectivity index (χ1v) is 7.96. The maximum atomic E-state index is 13.8. The van der Waals surface area contributed by atoms with Gasteiger partial charge in [-0.05, 0) is 18.2 Å². The van der Waals surface area contributed by atoms with E-state index < -0.39 is 0 Å². The van der Waals surface area contributed by atoms with Crippen LogP contribution in [0.1, 0.15) is 16.3 Å². The lowest BCUT2D eigenvalue weighted by Gasteiger charge is -2.04. The molecule has 4 rings (SSSR count). The lowest BCUT2D eigenvalue weighted by molar-refractivity contribution is 0.0950. The summed E-state index contributed by atoms with van der Waals surface area (Å²) in [6.45, 7) is 0.388. The van der Waals surface area contributed by atoms with Gasteiger partial charge in [0.1, 0.15) is 11.3 Å². The van der Waals surface area contributed by atoms with Crippen molar-refractivity contribution in [3.63, 3.8) is 0 Å². The summed E-state index contributed by atoms with van der Waals surface area (Å²) in [5, 5.41) is 10.5. The Hall–Kier alpha value is -3.22. The summed E-state index contributed by atoms with van der Waals surface area (Å²) >= 11 is 0. The Morgan fingerprint density at radius 2 is 2.08 bits per heavy atom. The van der Waals surface area contributed by atoms with Gasteiger partial charge in [0.05, 0.1) is 11.0 Å². The number of aromatic nitrogens is 4. The van der Waals surface area contributed by atoms with E-state index in [2.05, 4.69) is 20.5 Å². The van der Waals surface area contributed by atoms with Gasteiger partial charge in [-0.3, -0.25) is 9.89 Å². The molecule has 0 saturated carbocycles. The number of amides is 1. The minimum Gasteiger partial charge on any atom is -0.350 e. The zero-order valence-electron chi connectivity index (χ0n) is 13.6. The van der Waals surface area contributed by atoms with Crippen LogP contribution in [0.2, 0.25) is 0 Å². The number of aromatic amines is 1. The number of rotatable bonds is 4. The lowest BCUT2D eigenvalue weighted by Crippen LogP contribution is -2.26. The van der Waals surface area contributed by atoms with Gasteiger partial charge in [-0.25, -0.2) is 9.37 Å². The molecule has 4 aromatic rings. The molecule has 0 aliphatic heterocycles. The van der Waals surface area contributed by atoms with Gasteiger partial charge in [-0.15, -0.1) is 0 Å². The average Bonchev–Trinajstić information content (AvgIpc) is 3.18. The number of halogens is 1. The van der Waals surface area contributed by atoms with Crippen LogP contribution in [0.15, 0.2) is 42.5 Å². The van der Waals surface area contributed by atoms with Crippen LogP contribution in [0, 0.1) is 5.82 Å². The minimum absolute atomic E-state index is 0.248. The highest BCUT2D eigenvalue weighted by molar-refractivity contribution is 6.04. The van der Waals surface area contributed by atoms with E-state index >= 15 is 0 Å².